The highest BCUT2D eigenvalue weighted by Crippen LogP contribution is 2.15. The Kier molecular flexibility index (Phi) is 5.16. The third kappa shape index (κ3) is 3.72. The van der Waals surface area contributed by atoms with Crippen molar-refractivity contribution in [3.63, 3.8) is 0 Å². The molecule has 2 rings (SSSR count). The fraction of sp³-hybridized carbons (Fsp3) is 0.467. The molecule has 0 aromatic heterocycles. The van der Waals surface area contributed by atoms with Crippen LogP contribution in [0.15, 0.2) is 24.3 Å². The monoisotopic (exact) mass is 291 g/mol. The Labute approximate surface area is 124 Å². The van der Waals surface area contributed by atoms with Gasteiger partial charge in [0.15, 0.2) is 0 Å². The minimum atomic E-state index is -0.0279. The van der Waals surface area contributed by atoms with Crippen LogP contribution in [-0.4, -0.2) is 61.4 Å². The smallest absolute Gasteiger partial charge is 0.254 e. The van der Waals surface area contributed by atoms with Crippen molar-refractivity contribution in [1.29, 1.82) is 0 Å². The molecule has 6 heteroatoms. The molecular weight excluding hydrogens is 270 g/mol. The molecule has 0 spiro atoms. The maximum absolute atomic E-state index is 12.4. The van der Waals surface area contributed by atoms with E-state index in [-0.39, 0.29) is 11.8 Å². The Morgan fingerprint density at radius 1 is 1.19 bits per heavy atom. The van der Waals surface area contributed by atoms with Crippen molar-refractivity contribution in [3.8, 4) is 5.75 Å². The first kappa shape index (κ1) is 15.3. The Morgan fingerprint density at radius 3 is 2.48 bits per heavy atom. The number of benzene rings is 1. The van der Waals surface area contributed by atoms with Gasteiger partial charge in [-0.3, -0.25) is 9.59 Å². The number of methoxy groups -OCH3 is 1. The topological polar surface area (TPSA) is 75.9 Å². The van der Waals surface area contributed by atoms with Gasteiger partial charge >= 0.3 is 0 Å². The van der Waals surface area contributed by atoms with Gasteiger partial charge in [0.2, 0.25) is 5.91 Å². The molecule has 2 N–H and O–H groups in total. The molecular formula is C15H21N3O3. The van der Waals surface area contributed by atoms with Gasteiger partial charge < -0.3 is 20.3 Å². The third-order valence-corrected chi connectivity index (χ3v) is 3.59. The molecule has 114 valence electrons. The van der Waals surface area contributed by atoms with Crippen molar-refractivity contribution in [3.05, 3.63) is 29.8 Å². The van der Waals surface area contributed by atoms with Crippen LogP contribution < -0.4 is 10.5 Å². The van der Waals surface area contributed by atoms with Crippen LogP contribution in [0.1, 0.15) is 16.8 Å². The maximum Gasteiger partial charge on any atom is 0.254 e. The fourth-order valence-corrected chi connectivity index (χ4v) is 2.38. The van der Waals surface area contributed by atoms with Gasteiger partial charge in [-0.25, -0.2) is 0 Å². The molecule has 2 amide bonds. The van der Waals surface area contributed by atoms with Crippen LogP contribution in [0.4, 0.5) is 0 Å². The molecule has 0 saturated carbocycles. The molecule has 1 aromatic rings. The molecule has 6 nitrogen and oxygen atoms in total. The van der Waals surface area contributed by atoms with E-state index in [2.05, 4.69) is 0 Å². The zero-order valence-corrected chi connectivity index (χ0v) is 12.2. The van der Waals surface area contributed by atoms with Crippen LogP contribution in [0.25, 0.3) is 0 Å². The average Bonchev–Trinajstić information content (AvgIpc) is 2.54. The van der Waals surface area contributed by atoms with Crippen LogP contribution in [0.5, 0.6) is 5.75 Å². The highest BCUT2D eigenvalue weighted by molar-refractivity contribution is 5.94. The van der Waals surface area contributed by atoms with Crippen LogP contribution >= 0.6 is 0 Å². The summed E-state index contributed by atoms with van der Waals surface area (Å²) in [6.07, 6.45) is 0.365. The fourth-order valence-electron chi connectivity index (χ4n) is 2.38. The summed E-state index contributed by atoms with van der Waals surface area (Å²) in [5.41, 5.74) is 6.00. The van der Waals surface area contributed by atoms with E-state index in [0.29, 0.717) is 50.5 Å². The van der Waals surface area contributed by atoms with E-state index < -0.39 is 0 Å². The van der Waals surface area contributed by atoms with E-state index in [4.69, 9.17) is 10.5 Å². The summed E-state index contributed by atoms with van der Waals surface area (Å²) in [6, 6.07) is 7.11. The van der Waals surface area contributed by atoms with Crippen molar-refractivity contribution in [2.24, 2.45) is 5.73 Å². The molecule has 0 radical (unpaired) electrons. The van der Waals surface area contributed by atoms with Crippen molar-refractivity contribution >= 4 is 11.8 Å². The summed E-state index contributed by atoms with van der Waals surface area (Å²) in [4.78, 5) is 27.7. The Hall–Kier alpha value is -2.08. The number of nitrogens with two attached hydrogens (primary N) is 1. The van der Waals surface area contributed by atoms with Gasteiger partial charge in [-0.15, -0.1) is 0 Å². The van der Waals surface area contributed by atoms with Crippen molar-refractivity contribution in [1.82, 2.24) is 9.80 Å². The first-order valence-electron chi connectivity index (χ1n) is 7.07. The van der Waals surface area contributed by atoms with E-state index in [0.717, 1.165) is 0 Å². The largest absolute Gasteiger partial charge is 0.497 e. The first-order valence-corrected chi connectivity index (χ1v) is 7.07. The van der Waals surface area contributed by atoms with E-state index in [1.54, 1.807) is 41.2 Å². The number of carbonyl (C=O) groups excluding carboxylic acids is 2. The van der Waals surface area contributed by atoms with Gasteiger partial charge in [-0.1, -0.05) is 6.07 Å². The molecule has 1 heterocycles. The molecule has 0 atom stereocenters. The normalized spacial score (nSPS) is 15.0. The maximum atomic E-state index is 12.4. The Bertz CT molecular complexity index is 511. The molecule has 0 bridgehead atoms. The Morgan fingerprint density at radius 2 is 1.86 bits per heavy atom. The van der Waals surface area contributed by atoms with Gasteiger partial charge in [-0.2, -0.15) is 0 Å². The van der Waals surface area contributed by atoms with Crippen molar-refractivity contribution in [2.75, 3.05) is 39.8 Å². The summed E-state index contributed by atoms with van der Waals surface area (Å²) < 4.78 is 5.13. The first-order chi connectivity index (χ1) is 10.2. The Balaban J connectivity index is 1.95. The van der Waals surface area contributed by atoms with E-state index in [9.17, 15) is 9.59 Å². The molecule has 1 aliphatic heterocycles. The molecule has 1 saturated heterocycles. The van der Waals surface area contributed by atoms with E-state index >= 15 is 0 Å². The second-order valence-corrected chi connectivity index (χ2v) is 4.94. The molecule has 1 aliphatic rings. The van der Waals surface area contributed by atoms with E-state index in [1.165, 1.54) is 0 Å². The molecule has 1 aromatic carbocycles. The summed E-state index contributed by atoms with van der Waals surface area (Å²) in [7, 11) is 1.57. The lowest BCUT2D eigenvalue weighted by molar-refractivity contribution is -0.132. The minimum absolute atomic E-state index is 0.0279. The summed E-state index contributed by atoms with van der Waals surface area (Å²) in [5.74, 6) is 0.698. The molecule has 0 unspecified atom stereocenters. The third-order valence-electron chi connectivity index (χ3n) is 3.59. The summed E-state index contributed by atoms with van der Waals surface area (Å²) in [5, 5.41) is 0. The number of piperazine rings is 1. The van der Waals surface area contributed by atoms with Gasteiger partial charge in [0.05, 0.1) is 7.11 Å². The average molecular weight is 291 g/mol. The number of ether oxygens (including phenoxy) is 1. The number of amides is 2. The zero-order valence-electron chi connectivity index (χ0n) is 12.2. The summed E-state index contributed by atoms with van der Waals surface area (Å²) >= 11 is 0. The number of carbonyl (C=O) groups is 2. The number of hydrogen-bond donors (Lipinski definition) is 1. The predicted octanol–water partition coefficient (Wildman–Crippen LogP) is 0.328. The lowest BCUT2D eigenvalue weighted by Crippen LogP contribution is -2.50. The van der Waals surface area contributed by atoms with Crippen molar-refractivity contribution in [2.45, 2.75) is 6.42 Å². The van der Waals surface area contributed by atoms with Gasteiger partial charge in [0.25, 0.3) is 5.91 Å². The van der Waals surface area contributed by atoms with Crippen LogP contribution in [0, 0.1) is 0 Å². The second kappa shape index (κ2) is 7.08. The lowest BCUT2D eigenvalue weighted by atomic mass is 10.1. The number of nitrogens with zero attached hydrogens (tertiary/aromatic N) is 2. The van der Waals surface area contributed by atoms with Gasteiger partial charge in [0, 0.05) is 44.7 Å². The zero-order chi connectivity index (χ0) is 15.2. The SMILES string of the molecule is COc1cccc(C(=O)N2CCN(C(=O)CCN)CC2)c1. The number of rotatable bonds is 4. The standard InChI is InChI=1S/C15H21N3O3/c1-21-13-4-2-3-12(11-13)15(20)18-9-7-17(8-10-18)14(19)5-6-16/h2-4,11H,5-10,16H2,1H3. The summed E-state index contributed by atoms with van der Waals surface area (Å²) in [6.45, 7) is 2.59. The van der Waals surface area contributed by atoms with E-state index in [1.807, 2.05) is 0 Å². The molecule has 1 fully saturated rings. The van der Waals surface area contributed by atoms with Gasteiger partial charge in [-0.05, 0) is 18.2 Å². The van der Waals surface area contributed by atoms with Crippen molar-refractivity contribution < 1.29 is 14.3 Å². The second-order valence-electron chi connectivity index (χ2n) is 4.94. The quantitative estimate of drug-likeness (QED) is 0.867. The van der Waals surface area contributed by atoms with Crippen LogP contribution in [-0.2, 0) is 4.79 Å². The van der Waals surface area contributed by atoms with Crippen LogP contribution in [0.2, 0.25) is 0 Å². The highest BCUT2D eigenvalue weighted by atomic mass is 16.5. The van der Waals surface area contributed by atoms with Crippen LogP contribution in [0.3, 0.4) is 0 Å². The highest BCUT2D eigenvalue weighted by Gasteiger charge is 2.24. The van der Waals surface area contributed by atoms with Gasteiger partial charge in [0.1, 0.15) is 5.75 Å². The number of hydrogen-bond acceptors (Lipinski definition) is 4. The predicted molar refractivity (Wildman–Crippen MR) is 79.1 cm³/mol. The minimum Gasteiger partial charge on any atom is -0.497 e. The molecule has 21 heavy (non-hydrogen) atoms. The lowest BCUT2D eigenvalue weighted by Gasteiger charge is -2.34. The molecule has 0 aliphatic carbocycles.